The van der Waals surface area contributed by atoms with Crippen molar-refractivity contribution in [2.24, 2.45) is 5.73 Å². The molecule has 70 valence electrons. The molecule has 0 aromatic rings. The van der Waals surface area contributed by atoms with Crippen molar-refractivity contribution < 1.29 is 4.79 Å². The summed E-state index contributed by atoms with van der Waals surface area (Å²) in [5.41, 5.74) is 5.17. The number of carbonyl (C=O) groups excluding carboxylic acids is 1. The third kappa shape index (κ3) is 2.46. The van der Waals surface area contributed by atoms with Gasteiger partial charge in [0.1, 0.15) is 0 Å². The van der Waals surface area contributed by atoms with E-state index in [2.05, 4.69) is 17.3 Å². The van der Waals surface area contributed by atoms with E-state index in [1.165, 1.54) is 12.8 Å². The van der Waals surface area contributed by atoms with Crippen molar-refractivity contribution >= 4 is 5.91 Å². The highest BCUT2D eigenvalue weighted by Crippen LogP contribution is 2.13. The largest absolute Gasteiger partial charge is 0.353 e. The smallest absolute Gasteiger partial charge is 0.233 e. The van der Waals surface area contributed by atoms with Gasteiger partial charge in [-0.25, -0.2) is 0 Å². The predicted molar refractivity (Wildman–Crippen MR) is 47.7 cm³/mol. The zero-order valence-corrected chi connectivity index (χ0v) is 7.55. The fourth-order valence-corrected chi connectivity index (χ4v) is 1.54. The summed E-state index contributed by atoms with van der Waals surface area (Å²) in [6, 6.07) is 0.514. The van der Waals surface area contributed by atoms with Crippen LogP contribution in [0, 0.1) is 0 Å². The van der Waals surface area contributed by atoms with Crippen molar-refractivity contribution in [1.82, 2.24) is 10.2 Å². The van der Waals surface area contributed by atoms with Gasteiger partial charge in [-0.2, -0.15) is 0 Å². The van der Waals surface area contributed by atoms with Crippen LogP contribution in [0.2, 0.25) is 0 Å². The summed E-state index contributed by atoms with van der Waals surface area (Å²) in [6.45, 7) is 1.98. The van der Waals surface area contributed by atoms with E-state index >= 15 is 0 Å². The van der Waals surface area contributed by atoms with Crippen molar-refractivity contribution in [2.75, 3.05) is 26.7 Å². The first-order valence-corrected chi connectivity index (χ1v) is 4.41. The molecule has 0 spiro atoms. The molecule has 12 heavy (non-hydrogen) atoms. The van der Waals surface area contributed by atoms with Crippen LogP contribution in [0.4, 0.5) is 0 Å². The second-order valence-electron chi connectivity index (χ2n) is 3.28. The molecule has 0 saturated carbocycles. The lowest BCUT2D eigenvalue weighted by molar-refractivity contribution is -0.119. The van der Waals surface area contributed by atoms with E-state index in [0.29, 0.717) is 6.04 Å². The zero-order chi connectivity index (χ0) is 8.97. The lowest BCUT2D eigenvalue weighted by Gasteiger charge is -2.19. The number of amides is 1. The Morgan fingerprint density at radius 3 is 3.00 bits per heavy atom. The number of nitrogens with zero attached hydrogens (tertiary/aromatic N) is 1. The Hall–Kier alpha value is -0.610. The molecular weight excluding hydrogens is 154 g/mol. The Balaban J connectivity index is 2.18. The van der Waals surface area contributed by atoms with Gasteiger partial charge in [-0.15, -0.1) is 0 Å². The maximum absolute atomic E-state index is 10.8. The molecule has 1 fully saturated rings. The van der Waals surface area contributed by atoms with Gasteiger partial charge in [0.2, 0.25) is 5.91 Å². The van der Waals surface area contributed by atoms with Crippen LogP contribution in [0.5, 0.6) is 0 Å². The Morgan fingerprint density at radius 1 is 1.75 bits per heavy atom. The number of likely N-dealkylation sites (N-methyl/N-ethyl adjacent to an activating group) is 1. The Labute approximate surface area is 73.1 Å². The highest BCUT2D eigenvalue weighted by atomic mass is 16.1. The van der Waals surface area contributed by atoms with E-state index in [1.807, 2.05) is 0 Å². The lowest BCUT2D eigenvalue weighted by Crippen LogP contribution is -2.40. The van der Waals surface area contributed by atoms with E-state index in [1.54, 1.807) is 0 Å². The molecule has 3 N–H and O–H groups in total. The maximum Gasteiger partial charge on any atom is 0.233 e. The van der Waals surface area contributed by atoms with Gasteiger partial charge in [-0.1, -0.05) is 0 Å². The van der Waals surface area contributed by atoms with Gasteiger partial charge in [-0.05, 0) is 26.4 Å². The minimum absolute atomic E-state index is 0.0599. The third-order valence-electron chi connectivity index (χ3n) is 2.39. The number of hydrogen-bond donors (Lipinski definition) is 2. The predicted octanol–water partition coefficient (Wildman–Crippen LogP) is -0.844. The number of hydrogen-bond acceptors (Lipinski definition) is 3. The quantitative estimate of drug-likeness (QED) is 0.582. The molecule has 1 amide bonds. The van der Waals surface area contributed by atoms with E-state index in [-0.39, 0.29) is 12.5 Å². The molecule has 0 aromatic heterocycles. The molecular formula is C8H17N3O. The van der Waals surface area contributed by atoms with Crippen molar-refractivity contribution in [2.45, 2.75) is 18.9 Å². The third-order valence-corrected chi connectivity index (χ3v) is 2.39. The van der Waals surface area contributed by atoms with Gasteiger partial charge in [0, 0.05) is 12.6 Å². The second kappa shape index (κ2) is 4.42. The summed E-state index contributed by atoms with van der Waals surface area (Å²) in [5, 5.41) is 2.80. The molecule has 1 rings (SSSR count). The lowest BCUT2D eigenvalue weighted by atomic mass is 10.2. The molecule has 0 radical (unpaired) electrons. The molecule has 1 aliphatic rings. The zero-order valence-electron chi connectivity index (χ0n) is 7.55. The average molecular weight is 171 g/mol. The number of nitrogens with one attached hydrogen (secondary N) is 1. The summed E-state index contributed by atoms with van der Waals surface area (Å²) >= 11 is 0. The van der Waals surface area contributed by atoms with Crippen LogP contribution in [0.1, 0.15) is 12.8 Å². The van der Waals surface area contributed by atoms with Crippen molar-refractivity contribution in [3.05, 3.63) is 0 Å². The van der Waals surface area contributed by atoms with Crippen LogP contribution >= 0.6 is 0 Å². The van der Waals surface area contributed by atoms with Gasteiger partial charge in [-0.3, -0.25) is 4.79 Å². The van der Waals surface area contributed by atoms with Crippen LogP contribution in [0.25, 0.3) is 0 Å². The molecule has 1 atom stereocenters. The minimum Gasteiger partial charge on any atom is -0.353 e. The number of nitrogens with two attached hydrogens (primary N) is 1. The highest BCUT2D eigenvalue weighted by molar-refractivity contribution is 5.77. The number of rotatable bonds is 3. The Bertz CT molecular complexity index is 160. The first-order chi connectivity index (χ1) is 5.74. The topological polar surface area (TPSA) is 58.4 Å². The van der Waals surface area contributed by atoms with E-state index in [0.717, 1.165) is 13.1 Å². The van der Waals surface area contributed by atoms with E-state index in [4.69, 9.17) is 5.73 Å². The fraction of sp³-hybridized carbons (Fsp3) is 0.875. The normalized spacial score (nSPS) is 24.3. The summed E-state index contributed by atoms with van der Waals surface area (Å²) in [7, 11) is 2.09. The van der Waals surface area contributed by atoms with Crippen LogP contribution in [-0.4, -0.2) is 43.5 Å². The monoisotopic (exact) mass is 171 g/mol. The molecule has 1 heterocycles. The Morgan fingerprint density at radius 2 is 2.50 bits per heavy atom. The van der Waals surface area contributed by atoms with Gasteiger partial charge in [0.25, 0.3) is 0 Å². The summed E-state index contributed by atoms with van der Waals surface area (Å²) < 4.78 is 0. The maximum atomic E-state index is 10.8. The van der Waals surface area contributed by atoms with Gasteiger partial charge in [0.05, 0.1) is 6.54 Å². The van der Waals surface area contributed by atoms with Gasteiger partial charge in [0.15, 0.2) is 0 Å². The molecule has 1 aliphatic heterocycles. The van der Waals surface area contributed by atoms with Crippen LogP contribution < -0.4 is 11.1 Å². The molecule has 0 bridgehead atoms. The average Bonchev–Trinajstić information content (AvgIpc) is 2.47. The van der Waals surface area contributed by atoms with Crippen LogP contribution in [0.15, 0.2) is 0 Å². The summed E-state index contributed by atoms with van der Waals surface area (Å²) in [6.07, 6.45) is 2.42. The summed E-state index contributed by atoms with van der Waals surface area (Å²) in [5.74, 6) is -0.0599. The molecule has 0 unspecified atom stereocenters. The number of likely N-dealkylation sites (tertiary alicyclic amines) is 1. The highest BCUT2D eigenvalue weighted by Gasteiger charge is 2.20. The van der Waals surface area contributed by atoms with Gasteiger partial charge < -0.3 is 16.0 Å². The van der Waals surface area contributed by atoms with E-state index in [9.17, 15) is 4.79 Å². The van der Waals surface area contributed by atoms with Crippen molar-refractivity contribution in [3.8, 4) is 0 Å². The van der Waals surface area contributed by atoms with Crippen LogP contribution in [-0.2, 0) is 4.79 Å². The standard InChI is InChI=1S/C8H17N3O/c1-11-4-2-3-7(11)6-10-8(12)5-9/h7H,2-6,9H2,1H3,(H,10,12)/t7-/m1/s1. The first-order valence-electron chi connectivity index (χ1n) is 4.41. The number of carbonyl (C=O) groups is 1. The van der Waals surface area contributed by atoms with Crippen LogP contribution in [0.3, 0.4) is 0 Å². The molecule has 4 nitrogen and oxygen atoms in total. The fourth-order valence-electron chi connectivity index (χ4n) is 1.54. The molecule has 1 saturated heterocycles. The SMILES string of the molecule is CN1CCC[C@@H]1CNC(=O)CN. The minimum atomic E-state index is -0.0599. The van der Waals surface area contributed by atoms with Crippen molar-refractivity contribution in [1.29, 1.82) is 0 Å². The molecule has 4 heteroatoms. The first kappa shape index (κ1) is 9.48. The molecule has 0 aromatic carbocycles. The summed E-state index contributed by atoms with van der Waals surface area (Å²) in [4.78, 5) is 13.1. The Kier molecular flexibility index (Phi) is 3.49. The van der Waals surface area contributed by atoms with Gasteiger partial charge >= 0.3 is 0 Å². The second-order valence-corrected chi connectivity index (χ2v) is 3.28. The molecule has 0 aliphatic carbocycles. The van der Waals surface area contributed by atoms with Crippen molar-refractivity contribution in [3.63, 3.8) is 0 Å². The van der Waals surface area contributed by atoms with E-state index < -0.39 is 0 Å².